The van der Waals surface area contributed by atoms with E-state index in [2.05, 4.69) is 0 Å². The molecular weight excluding hydrogens is 239 g/mol. The Bertz CT molecular complexity index is 513. The maximum Gasteiger partial charge on any atom is 0.313 e. The first-order valence-electron chi connectivity index (χ1n) is 5.38. The van der Waals surface area contributed by atoms with E-state index in [0.717, 1.165) is 6.07 Å². The number of ether oxygens (including phenoxy) is 1. The second kappa shape index (κ2) is 5.02. The van der Waals surface area contributed by atoms with Crippen LogP contribution >= 0.6 is 0 Å². The number of fused-ring (bicyclic) bond motifs is 1. The summed E-state index contributed by atoms with van der Waals surface area (Å²) in [4.78, 5) is 15.2. The van der Waals surface area contributed by atoms with E-state index < -0.39 is 5.82 Å². The van der Waals surface area contributed by atoms with E-state index in [4.69, 9.17) is 14.8 Å². The van der Waals surface area contributed by atoms with Crippen LogP contribution in [0.25, 0.3) is 0 Å². The van der Waals surface area contributed by atoms with Crippen LogP contribution in [0.15, 0.2) is 12.1 Å². The van der Waals surface area contributed by atoms with Gasteiger partial charge in [-0.1, -0.05) is 0 Å². The van der Waals surface area contributed by atoms with Crippen molar-refractivity contribution in [1.82, 2.24) is 5.06 Å². The minimum absolute atomic E-state index is 0.0901. The second-order valence-electron chi connectivity index (χ2n) is 3.98. The van der Waals surface area contributed by atoms with E-state index in [1.807, 2.05) is 6.07 Å². The molecule has 0 N–H and O–H groups in total. The van der Waals surface area contributed by atoms with E-state index >= 15 is 0 Å². The van der Waals surface area contributed by atoms with Crippen molar-refractivity contribution in [2.75, 3.05) is 6.61 Å². The SMILES string of the molecule is C[C@H]1COc2cc(C#N)cc(F)c2CN1OC=O. The van der Waals surface area contributed by atoms with E-state index in [9.17, 15) is 9.18 Å². The van der Waals surface area contributed by atoms with Crippen molar-refractivity contribution in [1.29, 1.82) is 5.26 Å². The molecule has 0 aliphatic carbocycles. The topological polar surface area (TPSA) is 62.6 Å². The van der Waals surface area contributed by atoms with Crippen LogP contribution in [0.1, 0.15) is 18.1 Å². The molecule has 1 heterocycles. The molecule has 1 aliphatic heterocycles. The minimum atomic E-state index is -0.544. The first-order valence-corrected chi connectivity index (χ1v) is 5.38. The number of carbonyl (C=O) groups is 1. The molecule has 0 fully saturated rings. The Hall–Kier alpha value is -2.13. The molecule has 1 aliphatic rings. The molecular formula is C12H11FN2O3. The summed E-state index contributed by atoms with van der Waals surface area (Å²) in [5.74, 6) is -0.229. The zero-order valence-electron chi connectivity index (χ0n) is 9.72. The van der Waals surface area contributed by atoms with Crippen molar-refractivity contribution in [3.63, 3.8) is 0 Å². The van der Waals surface area contributed by atoms with Gasteiger partial charge in [0.25, 0.3) is 0 Å². The summed E-state index contributed by atoms with van der Waals surface area (Å²) in [7, 11) is 0. The lowest BCUT2D eigenvalue weighted by atomic mass is 10.1. The summed E-state index contributed by atoms with van der Waals surface area (Å²) >= 11 is 0. The number of nitrogens with zero attached hydrogens (tertiary/aromatic N) is 2. The molecule has 0 saturated heterocycles. The van der Waals surface area contributed by atoms with Crippen LogP contribution in [0, 0.1) is 17.1 Å². The number of hydroxylamine groups is 2. The molecule has 2 rings (SSSR count). The van der Waals surface area contributed by atoms with Gasteiger partial charge in [-0.25, -0.2) is 4.39 Å². The van der Waals surface area contributed by atoms with Crippen LogP contribution in [-0.4, -0.2) is 24.2 Å². The summed E-state index contributed by atoms with van der Waals surface area (Å²) in [5, 5.41) is 10.1. The number of hydrogen-bond acceptors (Lipinski definition) is 5. The number of rotatable bonds is 2. The van der Waals surface area contributed by atoms with Crippen molar-refractivity contribution >= 4 is 6.47 Å². The molecule has 5 nitrogen and oxygen atoms in total. The average Bonchev–Trinajstić information content (AvgIpc) is 2.51. The maximum atomic E-state index is 13.8. The standard InChI is InChI=1S/C12H11FN2O3/c1-8-6-17-12-3-9(4-14)2-11(13)10(12)5-15(8)18-7-16/h2-3,7-8H,5-6H2,1H3/t8-/m0/s1. The molecule has 6 heteroatoms. The smallest absolute Gasteiger partial charge is 0.313 e. The number of hydrogen-bond donors (Lipinski definition) is 0. The highest BCUT2D eigenvalue weighted by molar-refractivity contribution is 5.44. The molecule has 0 unspecified atom stereocenters. The van der Waals surface area contributed by atoms with Gasteiger partial charge < -0.3 is 9.57 Å². The fraction of sp³-hybridized carbons (Fsp3) is 0.333. The normalized spacial score (nSPS) is 19.1. The Morgan fingerprint density at radius 2 is 2.44 bits per heavy atom. The molecule has 0 radical (unpaired) electrons. The Balaban J connectivity index is 2.39. The summed E-state index contributed by atoms with van der Waals surface area (Å²) in [6.07, 6.45) is 0. The van der Waals surface area contributed by atoms with Crippen LogP contribution in [0.5, 0.6) is 5.75 Å². The molecule has 1 aromatic carbocycles. The molecule has 18 heavy (non-hydrogen) atoms. The summed E-state index contributed by atoms with van der Waals surface area (Å²) in [6.45, 7) is 2.42. The van der Waals surface area contributed by atoms with Gasteiger partial charge in [-0.05, 0) is 19.1 Å². The lowest BCUT2D eigenvalue weighted by Gasteiger charge is -2.21. The second-order valence-corrected chi connectivity index (χ2v) is 3.98. The quantitative estimate of drug-likeness (QED) is 0.742. The first kappa shape index (κ1) is 12.3. The third kappa shape index (κ3) is 2.26. The van der Waals surface area contributed by atoms with Gasteiger partial charge in [0.05, 0.1) is 24.2 Å². The average molecular weight is 250 g/mol. The zero-order valence-corrected chi connectivity index (χ0v) is 9.72. The molecule has 0 amide bonds. The van der Waals surface area contributed by atoms with Crippen LogP contribution in [0.3, 0.4) is 0 Å². The van der Waals surface area contributed by atoms with Crippen molar-refractivity contribution < 1.29 is 18.8 Å². The predicted octanol–water partition coefficient (Wildman–Crippen LogP) is 1.37. The van der Waals surface area contributed by atoms with Crippen LogP contribution in [0.2, 0.25) is 0 Å². The van der Waals surface area contributed by atoms with E-state index in [1.165, 1.54) is 11.1 Å². The highest BCUT2D eigenvalue weighted by Gasteiger charge is 2.25. The molecule has 0 spiro atoms. The zero-order chi connectivity index (χ0) is 13.1. The highest BCUT2D eigenvalue weighted by Crippen LogP contribution is 2.28. The largest absolute Gasteiger partial charge is 0.491 e. The summed E-state index contributed by atoms with van der Waals surface area (Å²) in [6, 6.07) is 4.28. The van der Waals surface area contributed by atoms with E-state index in [1.54, 1.807) is 6.92 Å². The van der Waals surface area contributed by atoms with E-state index in [-0.39, 0.29) is 30.3 Å². The van der Waals surface area contributed by atoms with Gasteiger partial charge in [-0.15, -0.1) is 5.06 Å². The van der Waals surface area contributed by atoms with Crippen molar-refractivity contribution in [3.05, 3.63) is 29.1 Å². The van der Waals surface area contributed by atoms with Crippen LogP contribution < -0.4 is 4.74 Å². The molecule has 1 atom stereocenters. The monoisotopic (exact) mass is 250 g/mol. The lowest BCUT2D eigenvalue weighted by Crippen LogP contribution is -2.34. The number of halogens is 1. The third-order valence-electron chi connectivity index (χ3n) is 2.75. The van der Waals surface area contributed by atoms with Crippen molar-refractivity contribution in [2.24, 2.45) is 0 Å². The molecule has 0 bridgehead atoms. The highest BCUT2D eigenvalue weighted by atomic mass is 19.1. The fourth-order valence-electron chi connectivity index (χ4n) is 1.76. The van der Waals surface area contributed by atoms with Gasteiger partial charge in [0.1, 0.15) is 18.2 Å². The van der Waals surface area contributed by atoms with Gasteiger partial charge in [0.2, 0.25) is 0 Å². The van der Waals surface area contributed by atoms with Crippen molar-refractivity contribution in [3.8, 4) is 11.8 Å². The number of carbonyl (C=O) groups excluding carboxylic acids is 1. The predicted molar refractivity (Wildman–Crippen MR) is 58.8 cm³/mol. The van der Waals surface area contributed by atoms with Gasteiger partial charge in [-0.3, -0.25) is 4.79 Å². The Kier molecular flexibility index (Phi) is 3.44. The van der Waals surface area contributed by atoms with E-state index in [0.29, 0.717) is 12.2 Å². The lowest BCUT2D eigenvalue weighted by molar-refractivity contribution is -0.189. The van der Waals surface area contributed by atoms with Crippen LogP contribution in [0.4, 0.5) is 4.39 Å². The molecule has 1 aromatic rings. The molecule has 0 saturated carbocycles. The number of nitriles is 1. The summed E-state index contributed by atoms with van der Waals surface area (Å²) < 4.78 is 19.3. The van der Waals surface area contributed by atoms with Crippen molar-refractivity contribution in [2.45, 2.75) is 19.5 Å². The minimum Gasteiger partial charge on any atom is -0.491 e. The third-order valence-corrected chi connectivity index (χ3v) is 2.75. The van der Waals surface area contributed by atoms with Crippen LogP contribution in [-0.2, 0) is 16.2 Å². The molecule has 0 aromatic heterocycles. The number of benzene rings is 1. The van der Waals surface area contributed by atoms with Gasteiger partial charge in [0.15, 0.2) is 0 Å². The van der Waals surface area contributed by atoms with Gasteiger partial charge >= 0.3 is 6.47 Å². The fourth-order valence-corrected chi connectivity index (χ4v) is 1.76. The summed E-state index contributed by atoms with van der Waals surface area (Å²) in [5.41, 5.74) is 0.476. The Morgan fingerprint density at radius 1 is 1.67 bits per heavy atom. The maximum absolute atomic E-state index is 13.8. The molecule has 94 valence electrons. The first-order chi connectivity index (χ1) is 8.65. The van der Waals surface area contributed by atoms with Gasteiger partial charge in [0, 0.05) is 5.56 Å². The Labute approximate surface area is 103 Å². The van der Waals surface area contributed by atoms with Gasteiger partial charge in [-0.2, -0.15) is 5.26 Å². The Morgan fingerprint density at radius 3 is 3.11 bits per heavy atom.